The molecule has 3 rings (SSSR count). The Kier molecular flexibility index (Phi) is 3.24. The summed E-state index contributed by atoms with van der Waals surface area (Å²) in [7, 11) is 0. The molecule has 0 amide bonds. The lowest BCUT2D eigenvalue weighted by Gasteiger charge is -2.25. The number of benzene rings is 1. The molecule has 1 aliphatic carbocycles. The highest BCUT2D eigenvalue weighted by atomic mass is 32.1. The van der Waals surface area contributed by atoms with Crippen molar-refractivity contribution in [3.63, 3.8) is 0 Å². The number of pyridine rings is 1. The van der Waals surface area contributed by atoms with Gasteiger partial charge in [-0.1, -0.05) is 30.3 Å². The monoisotopic (exact) mass is 257 g/mol. The Balaban J connectivity index is 1.93. The van der Waals surface area contributed by atoms with Crippen LogP contribution in [0.3, 0.4) is 0 Å². The number of aromatic nitrogens is 1. The lowest BCUT2D eigenvalue weighted by Crippen LogP contribution is -2.14. The summed E-state index contributed by atoms with van der Waals surface area (Å²) in [6.45, 7) is 0. The molecule has 1 atom stereocenters. The van der Waals surface area contributed by atoms with Gasteiger partial charge in [0.1, 0.15) is 5.75 Å². The summed E-state index contributed by atoms with van der Waals surface area (Å²) in [6.07, 6.45) is 4.95. The molecule has 2 aromatic rings. The van der Waals surface area contributed by atoms with E-state index < -0.39 is 0 Å². The van der Waals surface area contributed by atoms with Crippen LogP contribution in [-0.4, -0.2) is 4.98 Å². The molecule has 0 fully saturated rings. The first-order valence-electron chi connectivity index (χ1n) is 6.21. The third-order valence-electron chi connectivity index (χ3n) is 3.65. The van der Waals surface area contributed by atoms with Crippen molar-refractivity contribution in [2.75, 3.05) is 0 Å². The maximum atomic E-state index is 5.15. The van der Waals surface area contributed by atoms with Gasteiger partial charge in [0, 0.05) is 36.4 Å². The molecule has 0 bridgehead atoms. The van der Waals surface area contributed by atoms with Crippen molar-refractivity contribution in [2.24, 2.45) is 0 Å². The normalized spacial score (nSPS) is 18.2. The van der Waals surface area contributed by atoms with E-state index in [-0.39, 0.29) is 0 Å². The number of hydrogen-bond acceptors (Lipinski definition) is 3. The molecule has 2 nitrogen and oxygen atoms in total. The van der Waals surface area contributed by atoms with Crippen LogP contribution < -0.4 is 4.18 Å². The van der Waals surface area contributed by atoms with Gasteiger partial charge in [-0.3, -0.25) is 4.98 Å². The van der Waals surface area contributed by atoms with Crippen LogP contribution in [0.1, 0.15) is 29.2 Å². The highest BCUT2D eigenvalue weighted by Crippen LogP contribution is 2.36. The van der Waals surface area contributed by atoms with Crippen molar-refractivity contribution in [3.05, 3.63) is 59.4 Å². The van der Waals surface area contributed by atoms with Crippen molar-refractivity contribution in [1.82, 2.24) is 4.98 Å². The molecule has 1 aromatic carbocycles. The zero-order chi connectivity index (χ0) is 12.4. The van der Waals surface area contributed by atoms with Gasteiger partial charge < -0.3 is 4.18 Å². The standard InChI is InChI=1S/C15H15NOS/c18-17-15-8-9-16-14-7-6-12(10-13(14)15)11-4-2-1-3-5-11/h1-5,8-9,12,18H,6-7,10H2. The Bertz CT molecular complexity index is 527. The number of thiol groups is 1. The van der Waals surface area contributed by atoms with Crippen molar-refractivity contribution in [2.45, 2.75) is 25.2 Å². The molecule has 18 heavy (non-hydrogen) atoms. The molecule has 0 aliphatic heterocycles. The Labute approximate surface area is 113 Å². The highest BCUT2D eigenvalue weighted by Gasteiger charge is 2.23. The SMILES string of the molecule is SOc1ccnc2c1CC(c1ccccc1)CC2. The predicted molar refractivity (Wildman–Crippen MR) is 75.1 cm³/mol. The summed E-state index contributed by atoms with van der Waals surface area (Å²) >= 11 is 3.93. The molecule has 92 valence electrons. The van der Waals surface area contributed by atoms with Gasteiger partial charge in [0.2, 0.25) is 0 Å². The summed E-state index contributed by atoms with van der Waals surface area (Å²) in [5, 5.41) is 0. The second-order valence-electron chi connectivity index (χ2n) is 4.68. The van der Waals surface area contributed by atoms with Crippen LogP contribution in [0.25, 0.3) is 0 Å². The van der Waals surface area contributed by atoms with Crippen LogP contribution in [0, 0.1) is 0 Å². The number of hydrogen-bond donors (Lipinski definition) is 1. The number of rotatable bonds is 2. The molecule has 0 spiro atoms. The molecule has 1 unspecified atom stereocenters. The second-order valence-corrected chi connectivity index (χ2v) is 4.86. The van der Waals surface area contributed by atoms with Crippen molar-refractivity contribution >= 4 is 12.9 Å². The molecule has 3 heteroatoms. The van der Waals surface area contributed by atoms with E-state index in [4.69, 9.17) is 4.18 Å². The zero-order valence-electron chi connectivity index (χ0n) is 10.0. The van der Waals surface area contributed by atoms with Crippen LogP contribution in [-0.2, 0) is 12.8 Å². The van der Waals surface area contributed by atoms with Gasteiger partial charge in [-0.2, -0.15) is 0 Å². The molecule has 0 radical (unpaired) electrons. The lowest BCUT2D eigenvalue weighted by molar-refractivity contribution is 0.549. The van der Waals surface area contributed by atoms with E-state index in [0.717, 1.165) is 30.7 Å². The lowest BCUT2D eigenvalue weighted by atomic mass is 9.82. The summed E-state index contributed by atoms with van der Waals surface area (Å²) in [5.41, 5.74) is 3.78. The van der Waals surface area contributed by atoms with E-state index in [2.05, 4.69) is 48.2 Å². The van der Waals surface area contributed by atoms with Crippen molar-refractivity contribution in [3.8, 4) is 5.75 Å². The summed E-state index contributed by atoms with van der Waals surface area (Å²) < 4.78 is 5.15. The largest absolute Gasteiger partial charge is 0.429 e. The fourth-order valence-corrected chi connectivity index (χ4v) is 2.88. The van der Waals surface area contributed by atoms with E-state index in [1.807, 2.05) is 6.07 Å². The first-order chi connectivity index (χ1) is 8.88. The summed E-state index contributed by atoms with van der Waals surface area (Å²) in [6, 6.07) is 12.6. The molecule has 1 aromatic heterocycles. The van der Waals surface area contributed by atoms with Gasteiger partial charge in [0.25, 0.3) is 0 Å². The average molecular weight is 257 g/mol. The fraction of sp³-hybridized carbons (Fsp3) is 0.267. The summed E-state index contributed by atoms with van der Waals surface area (Å²) in [4.78, 5) is 4.44. The van der Waals surface area contributed by atoms with Gasteiger partial charge in [0.15, 0.2) is 0 Å². The van der Waals surface area contributed by atoms with E-state index in [0.29, 0.717) is 5.92 Å². The minimum absolute atomic E-state index is 0.560. The van der Waals surface area contributed by atoms with Crippen LogP contribution >= 0.6 is 12.9 Å². The Hall–Kier alpha value is -1.48. The predicted octanol–water partition coefficient (Wildman–Crippen LogP) is 3.58. The molecule has 0 saturated heterocycles. The van der Waals surface area contributed by atoms with Crippen molar-refractivity contribution < 1.29 is 4.18 Å². The Morgan fingerprint density at radius 3 is 2.78 bits per heavy atom. The minimum atomic E-state index is 0.560. The molecule has 1 aliphatic rings. The Morgan fingerprint density at radius 2 is 2.00 bits per heavy atom. The van der Waals surface area contributed by atoms with E-state index in [9.17, 15) is 0 Å². The van der Waals surface area contributed by atoms with Gasteiger partial charge >= 0.3 is 0 Å². The minimum Gasteiger partial charge on any atom is -0.429 e. The Morgan fingerprint density at radius 1 is 1.17 bits per heavy atom. The molecular formula is C15H15NOS. The van der Waals surface area contributed by atoms with Crippen LogP contribution in [0.5, 0.6) is 5.75 Å². The number of aryl methyl sites for hydroxylation is 1. The molecule has 0 saturated carbocycles. The number of nitrogens with zero attached hydrogens (tertiary/aromatic N) is 1. The van der Waals surface area contributed by atoms with E-state index >= 15 is 0 Å². The van der Waals surface area contributed by atoms with Crippen molar-refractivity contribution in [1.29, 1.82) is 0 Å². The second kappa shape index (κ2) is 5.02. The van der Waals surface area contributed by atoms with Gasteiger partial charge in [-0.15, -0.1) is 0 Å². The zero-order valence-corrected chi connectivity index (χ0v) is 10.9. The van der Waals surface area contributed by atoms with Crippen LogP contribution in [0.2, 0.25) is 0 Å². The maximum Gasteiger partial charge on any atom is 0.143 e. The summed E-state index contributed by atoms with van der Waals surface area (Å²) in [5.74, 6) is 1.41. The topological polar surface area (TPSA) is 22.1 Å². The third kappa shape index (κ3) is 2.10. The van der Waals surface area contributed by atoms with Gasteiger partial charge in [-0.05, 0) is 30.7 Å². The van der Waals surface area contributed by atoms with Crippen LogP contribution in [0.4, 0.5) is 0 Å². The molecule has 0 N–H and O–H groups in total. The quantitative estimate of drug-likeness (QED) is 0.656. The highest BCUT2D eigenvalue weighted by molar-refractivity contribution is 7.75. The first kappa shape index (κ1) is 11.6. The van der Waals surface area contributed by atoms with Gasteiger partial charge in [0.05, 0.1) is 0 Å². The average Bonchev–Trinajstić information content (AvgIpc) is 2.47. The smallest absolute Gasteiger partial charge is 0.143 e. The van der Waals surface area contributed by atoms with E-state index in [1.165, 1.54) is 11.1 Å². The molecular weight excluding hydrogens is 242 g/mol. The molecule has 1 heterocycles. The van der Waals surface area contributed by atoms with Crippen LogP contribution in [0.15, 0.2) is 42.6 Å². The first-order valence-corrected chi connectivity index (χ1v) is 6.58. The third-order valence-corrected chi connectivity index (χ3v) is 3.85. The fourth-order valence-electron chi connectivity index (χ4n) is 2.70. The van der Waals surface area contributed by atoms with E-state index in [1.54, 1.807) is 6.20 Å². The van der Waals surface area contributed by atoms with Gasteiger partial charge in [-0.25, -0.2) is 0 Å². The number of fused-ring (bicyclic) bond motifs is 1. The maximum absolute atomic E-state index is 5.15.